The second kappa shape index (κ2) is 17.2. The lowest BCUT2D eigenvalue weighted by atomic mass is 9.95. The van der Waals surface area contributed by atoms with Gasteiger partial charge in [0.25, 0.3) is 11.8 Å². The number of hydrogen-bond acceptors (Lipinski definition) is 6. The van der Waals surface area contributed by atoms with Crippen LogP contribution >= 0.6 is 22.7 Å². The number of thiophene rings is 2. The molecule has 0 saturated heterocycles. The first-order valence-electron chi connectivity index (χ1n) is 19.6. The van der Waals surface area contributed by atoms with Crippen molar-refractivity contribution in [1.29, 1.82) is 0 Å². The third-order valence-corrected chi connectivity index (χ3v) is 12.0. The first-order chi connectivity index (χ1) is 25.1. The lowest BCUT2D eigenvalue weighted by Gasteiger charge is -2.27. The third-order valence-electron chi connectivity index (χ3n) is 9.50. The molecule has 2 aromatic heterocycles. The van der Waals surface area contributed by atoms with Crippen LogP contribution in [0.2, 0.25) is 0 Å². The SMILES string of the molecule is CCCCCCCCC(C)CN1C(=O)C2=C(c3ccc(C=Nc4ccc(N=CC(C)(C)C)cc4)s3)N(CC(C)C)C(=O)C2=C1c1ccc(C(C)(C)C)s1. The summed E-state index contributed by atoms with van der Waals surface area (Å²) in [7, 11) is 0. The highest BCUT2D eigenvalue weighted by atomic mass is 32.1. The van der Waals surface area contributed by atoms with Gasteiger partial charge in [-0.1, -0.05) is 108 Å². The normalized spacial score (nSPS) is 16.2. The van der Waals surface area contributed by atoms with Crippen molar-refractivity contribution in [3.05, 3.63) is 79.2 Å². The van der Waals surface area contributed by atoms with Gasteiger partial charge in [-0.05, 0) is 77.6 Å². The van der Waals surface area contributed by atoms with Crippen LogP contribution in [0.4, 0.5) is 11.4 Å². The molecule has 5 rings (SSSR count). The summed E-state index contributed by atoms with van der Waals surface area (Å²) < 4.78 is 0. The van der Waals surface area contributed by atoms with E-state index in [0.717, 1.165) is 50.2 Å². The molecule has 0 fully saturated rings. The standard InChI is InChI=1S/C45H60N4O2S2/c1-11-12-13-14-15-16-17-31(4)28-49-41(36-24-25-37(53-36)45(8,9)10)39-38(43(49)51)40(48(42(39)50)27-30(2)3)35-23-22-34(52-35)26-46-32-18-20-33(21-19-32)47-29-44(5,6)7/h18-26,29-31H,11-17,27-28H2,1-10H3. The van der Waals surface area contributed by atoms with E-state index >= 15 is 0 Å². The molecule has 53 heavy (non-hydrogen) atoms. The first-order valence-corrected chi connectivity index (χ1v) is 21.2. The van der Waals surface area contributed by atoms with Crippen molar-refractivity contribution in [2.75, 3.05) is 13.1 Å². The fourth-order valence-electron chi connectivity index (χ4n) is 6.75. The number of hydrogen-bond donors (Lipinski definition) is 0. The summed E-state index contributed by atoms with van der Waals surface area (Å²) in [6, 6.07) is 16.3. The molecule has 6 nitrogen and oxygen atoms in total. The molecule has 1 aromatic carbocycles. The van der Waals surface area contributed by atoms with Gasteiger partial charge in [0.1, 0.15) is 0 Å². The number of nitrogens with zero attached hydrogens (tertiary/aromatic N) is 4. The van der Waals surface area contributed by atoms with E-state index in [9.17, 15) is 9.59 Å². The summed E-state index contributed by atoms with van der Waals surface area (Å²) in [4.78, 5) is 46.7. The fraction of sp³-hybridized carbons (Fsp3) is 0.511. The number of carbonyl (C=O) groups is 2. The van der Waals surface area contributed by atoms with Gasteiger partial charge in [-0.25, -0.2) is 0 Å². The van der Waals surface area contributed by atoms with Crippen LogP contribution in [0.15, 0.2) is 69.7 Å². The zero-order valence-corrected chi connectivity index (χ0v) is 35.3. The number of fused-ring (bicyclic) bond motifs is 1. The molecule has 8 heteroatoms. The minimum Gasteiger partial charge on any atom is -0.306 e. The zero-order chi connectivity index (χ0) is 38.5. The molecule has 2 aliphatic heterocycles. The minimum atomic E-state index is -0.0679. The molecule has 0 saturated carbocycles. The molecule has 0 aliphatic carbocycles. The van der Waals surface area contributed by atoms with Crippen molar-refractivity contribution in [2.45, 2.75) is 120 Å². The summed E-state index contributed by atoms with van der Waals surface area (Å²) >= 11 is 3.28. The molecular weight excluding hydrogens is 693 g/mol. The Bertz CT molecular complexity index is 1870. The van der Waals surface area contributed by atoms with Crippen LogP contribution in [0.3, 0.4) is 0 Å². The maximum atomic E-state index is 14.8. The molecule has 2 aliphatic rings. The first kappa shape index (κ1) is 40.6. The summed E-state index contributed by atoms with van der Waals surface area (Å²) in [5.74, 6) is 0.424. The lowest BCUT2D eigenvalue weighted by Crippen LogP contribution is -2.33. The smallest absolute Gasteiger partial charge is 0.261 e. The highest BCUT2D eigenvalue weighted by molar-refractivity contribution is 7.15. The van der Waals surface area contributed by atoms with Crippen molar-refractivity contribution >= 4 is 69.7 Å². The van der Waals surface area contributed by atoms with Gasteiger partial charge in [-0.3, -0.25) is 19.6 Å². The Kier molecular flexibility index (Phi) is 13.2. The van der Waals surface area contributed by atoms with Gasteiger partial charge in [0.05, 0.1) is 43.7 Å². The lowest BCUT2D eigenvalue weighted by molar-refractivity contribution is -0.124. The summed E-state index contributed by atoms with van der Waals surface area (Å²) in [5, 5.41) is 0. The maximum Gasteiger partial charge on any atom is 0.261 e. The Morgan fingerprint density at radius 3 is 1.79 bits per heavy atom. The van der Waals surface area contributed by atoms with E-state index in [-0.39, 0.29) is 28.6 Å². The van der Waals surface area contributed by atoms with Crippen molar-refractivity contribution in [3.8, 4) is 0 Å². The predicted octanol–water partition coefficient (Wildman–Crippen LogP) is 12.5. The van der Waals surface area contributed by atoms with Crippen molar-refractivity contribution in [3.63, 3.8) is 0 Å². The fourth-order valence-corrected chi connectivity index (χ4v) is 8.81. The molecule has 3 aromatic rings. The van der Waals surface area contributed by atoms with E-state index in [2.05, 4.69) is 86.4 Å². The van der Waals surface area contributed by atoms with Crippen LogP contribution in [0.5, 0.6) is 0 Å². The second-order valence-corrected chi connectivity index (χ2v) is 19.5. The topological polar surface area (TPSA) is 65.3 Å². The third kappa shape index (κ3) is 10.1. The van der Waals surface area contributed by atoms with Crippen molar-refractivity contribution in [2.24, 2.45) is 27.2 Å². The van der Waals surface area contributed by atoms with E-state index in [0.29, 0.717) is 30.2 Å². The van der Waals surface area contributed by atoms with Crippen LogP contribution in [0, 0.1) is 17.3 Å². The largest absolute Gasteiger partial charge is 0.306 e. The van der Waals surface area contributed by atoms with Gasteiger partial charge in [0.2, 0.25) is 0 Å². The molecule has 284 valence electrons. The van der Waals surface area contributed by atoms with Crippen LogP contribution in [0.25, 0.3) is 11.4 Å². The number of amides is 2. The Labute approximate surface area is 326 Å². The van der Waals surface area contributed by atoms with Crippen LogP contribution < -0.4 is 0 Å². The van der Waals surface area contributed by atoms with E-state index in [4.69, 9.17) is 4.99 Å². The van der Waals surface area contributed by atoms with E-state index in [1.807, 2.05) is 58.6 Å². The molecule has 2 amide bonds. The average molecular weight is 753 g/mol. The molecule has 1 unspecified atom stereocenters. The highest BCUT2D eigenvalue weighted by Gasteiger charge is 2.49. The Hall–Kier alpha value is -3.62. The molecule has 1 atom stereocenters. The molecule has 0 spiro atoms. The van der Waals surface area contributed by atoms with Crippen molar-refractivity contribution < 1.29 is 9.59 Å². The van der Waals surface area contributed by atoms with E-state index in [1.165, 1.54) is 37.0 Å². The predicted molar refractivity (Wildman–Crippen MR) is 228 cm³/mol. The number of unbranched alkanes of at least 4 members (excludes halogenated alkanes) is 5. The second-order valence-electron chi connectivity index (χ2n) is 17.3. The Morgan fingerprint density at radius 1 is 0.679 bits per heavy atom. The number of rotatable bonds is 16. The quantitative estimate of drug-likeness (QED) is 0.108. The summed E-state index contributed by atoms with van der Waals surface area (Å²) in [6.07, 6.45) is 12.4. The number of benzene rings is 1. The van der Waals surface area contributed by atoms with Crippen LogP contribution in [0.1, 0.15) is 134 Å². The Morgan fingerprint density at radius 2 is 1.23 bits per heavy atom. The van der Waals surface area contributed by atoms with Crippen molar-refractivity contribution in [1.82, 2.24) is 9.80 Å². The summed E-state index contributed by atoms with van der Waals surface area (Å²) in [5.41, 5.74) is 4.38. The number of carbonyl (C=O) groups excluding carboxylic acids is 2. The monoisotopic (exact) mass is 752 g/mol. The molecule has 4 heterocycles. The molecule has 0 N–H and O–H groups in total. The van der Waals surface area contributed by atoms with Crippen LogP contribution in [-0.2, 0) is 15.0 Å². The maximum absolute atomic E-state index is 14.8. The molecule has 0 radical (unpaired) electrons. The summed E-state index contributed by atoms with van der Waals surface area (Å²) in [6.45, 7) is 22.9. The minimum absolute atomic E-state index is 0.0175. The van der Waals surface area contributed by atoms with Crippen LogP contribution in [-0.4, -0.2) is 47.1 Å². The van der Waals surface area contributed by atoms with Gasteiger partial charge in [0.15, 0.2) is 0 Å². The van der Waals surface area contributed by atoms with E-state index < -0.39 is 0 Å². The van der Waals surface area contributed by atoms with Gasteiger partial charge in [-0.15, -0.1) is 22.7 Å². The van der Waals surface area contributed by atoms with Gasteiger partial charge < -0.3 is 9.80 Å². The molecular formula is C45H60N4O2S2. The molecule has 0 bridgehead atoms. The van der Waals surface area contributed by atoms with E-state index in [1.54, 1.807) is 22.7 Å². The van der Waals surface area contributed by atoms with Gasteiger partial charge in [-0.2, -0.15) is 0 Å². The zero-order valence-electron chi connectivity index (χ0n) is 33.7. The highest BCUT2D eigenvalue weighted by Crippen LogP contribution is 2.49. The number of aliphatic imine (C=N–C) groups is 2. The average Bonchev–Trinajstić information content (AvgIpc) is 3.87. The van der Waals surface area contributed by atoms with Gasteiger partial charge >= 0.3 is 0 Å². The van der Waals surface area contributed by atoms with Gasteiger partial charge in [0, 0.05) is 35.3 Å². The Balaban J connectivity index is 1.49.